The highest BCUT2D eigenvalue weighted by Gasteiger charge is 2.31. The summed E-state index contributed by atoms with van der Waals surface area (Å²) in [4.78, 5) is 26.7. The predicted molar refractivity (Wildman–Crippen MR) is 86.3 cm³/mol. The molecule has 0 aromatic heterocycles. The molecule has 1 heterocycles. The lowest BCUT2D eigenvalue weighted by Crippen LogP contribution is -2.55. The van der Waals surface area contributed by atoms with Crippen molar-refractivity contribution in [2.75, 3.05) is 13.1 Å². The molecule has 1 fully saturated rings. The zero-order valence-corrected chi connectivity index (χ0v) is 13.6. The maximum Gasteiger partial charge on any atom is 0.251 e. The van der Waals surface area contributed by atoms with Gasteiger partial charge in [0.1, 0.15) is 11.9 Å². The van der Waals surface area contributed by atoms with Crippen LogP contribution in [0.15, 0.2) is 24.3 Å². The average Bonchev–Trinajstić information content (AvgIpc) is 2.52. The standard InChI is InChI=1S/C17H24FN3O2/c1-11(2)15(17(23)21-9-3-4-14(19)10-21)20-16(22)12-5-7-13(18)8-6-12/h5-8,11,14-15H,3-4,9-10,19H2,1-2H3,(H,20,22). The molecule has 1 aromatic rings. The van der Waals surface area contributed by atoms with Gasteiger partial charge in [0.25, 0.3) is 5.91 Å². The van der Waals surface area contributed by atoms with Crippen molar-refractivity contribution in [1.29, 1.82) is 0 Å². The van der Waals surface area contributed by atoms with Gasteiger partial charge in [0.2, 0.25) is 5.91 Å². The number of amides is 2. The third-order valence-electron chi connectivity index (χ3n) is 4.10. The number of hydrogen-bond acceptors (Lipinski definition) is 3. The van der Waals surface area contributed by atoms with E-state index in [0.717, 1.165) is 12.8 Å². The van der Waals surface area contributed by atoms with E-state index >= 15 is 0 Å². The van der Waals surface area contributed by atoms with Crippen LogP contribution in [-0.2, 0) is 4.79 Å². The van der Waals surface area contributed by atoms with Crippen LogP contribution in [0.3, 0.4) is 0 Å². The van der Waals surface area contributed by atoms with E-state index in [1.54, 1.807) is 4.90 Å². The average molecular weight is 321 g/mol. The normalized spacial score (nSPS) is 19.5. The van der Waals surface area contributed by atoms with Crippen LogP contribution in [0.4, 0.5) is 4.39 Å². The lowest BCUT2D eigenvalue weighted by Gasteiger charge is -2.34. The monoisotopic (exact) mass is 321 g/mol. The molecule has 2 amide bonds. The molecular formula is C17H24FN3O2. The van der Waals surface area contributed by atoms with E-state index in [1.165, 1.54) is 24.3 Å². The summed E-state index contributed by atoms with van der Waals surface area (Å²) in [5.74, 6) is -0.936. The number of carbonyl (C=O) groups excluding carboxylic acids is 2. The number of hydrogen-bond donors (Lipinski definition) is 2. The Morgan fingerprint density at radius 3 is 2.52 bits per heavy atom. The molecule has 3 N–H and O–H groups in total. The Kier molecular flexibility index (Phi) is 5.71. The Morgan fingerprint density at radius 2 is 1.96 bits per heavy atom. The fourth-order valence-corrected chi connectivity index (χ4v) is 2.75. The highest BCUT2D eigenvalue weighted by Crippen LogP contribution is 2.14. The second-order valence-corrected chi connectivity index (χ2v) is 6.39. The first-order chi connectivity index (χ1) is 10.9. The molecule has 2 atom stereocenters. The number of halogens is 1. The van der Waals surface area contributed by atoms with Crippen LogP contribution in [0.1, 0.15) is 37.0 Å². The van der Waals surface area contributed by atoms with Crippen LogP contribution in [-0.4, -0.2) is 41.9 Å². The summed E-state index contributed by atoms with van der Waals surface area (Å²) in [6.07, 6.45) is 1.79. The molecule has 23 heavy (non-hydrogen) atoms. The van der Waals surface area contributed by atoms with E-state index < -0.39 is 11.9 Å². The van der Waals surface area contributed by atoms with Crippen LogP contribution in [0, 0.1) is 11.7 Å². The summed E-state index contributed by atoms with van der Waals surface area (Å²) >= 11 is 0. The lowest BCUT2D eigenvalue weighted by atomic mass is 9.99. The molecule has 0 spiro atoms. The maximum absolute atomic E-state index is 12.9. The molecule has 1 aliphatic heterocycles. The van der Waals surface area contributed by atoms with Crippen LogP contribution in [0.5, 0.6) is 0 Å². The Hall–Kier alpha value is -1.95. The Balaban J connectivity index is 2.07. The summed E-state index contributed by atoms with van der Waals surface area (Å²) in [7, 11) is 0. The molecule has 0 aliphatic carbocycles. The Bertz CT molecular complexity index is 559. The van der Waals surface area contributed by atoms with Gasteiger partial charge in [-0.2, -0.15) is 0 Å². The van der Waals surface area contributed by atoms with Gasteiger partial charge < -0.3 is 16.0 Å². The van der Waals surface area contributed by atoms with E-state index in [9.17, 15) is 14.0 Å². The molecule has 1 aromatic carbocycles. The van der Waals surface area contributed by atoms with Crippen molar-refractivity contribution in [2.45, 2.75) is 38.8 Å². The third kappa shape index (κ3) is 4.51. The van der Waals surface area contributed by atoms with E-state index in [4.69, 9.17) is 5.73 Å². The van der Waals surface area contributed by atoms with Crippen molar-refractivity contribution < 1.29 is 14.0 Å². The number of nitrogens with two attached hydrogens (primary N) is 1. The first-order valence-corrected chi connectivity index (χ1v) is 7.99. The lowest BCUT2D eigenvalue weighted by molar-refractivity contribution is -0.135. The van der Waals surface area contributed by atoms with E-state index in [0.29, 0.717) is 18.7 Å². The summed E-state index contributed by atoms with van der Waals surface area (Å²) in [6, 6.07) is 4.65. The number of piperidine rings is 1. The zero-order chi connectivity index (χ0) is 17.0. The highest BCUT2D eigenvalue weighted by atomic mass is 19.1. The van der Waals surface area contributed by atoms with Crippen molar-refractivity contribution in [2.24, 2.45) is 11.7 Å². The summed E-state index contributed by atoms with van der Waals surface area (Å²) in [5.41, 5.74) is 6.26. The molecule has 6 heteroatoms. The van der Waals surface area contributed by atoms with Gasteiger partial charge in [0, 0.05) is 24.7 Å². The summed E-state index contributed by atoms with van der Waals surface area (Å²) in [6.45, 7) is 4.96. The molecular weight excluding hydrogens is 297 g/mol. The van der Waals surface area contributed by atoms with Gasteiger partial charge >= 0.3 is 0 Å². The molecule has 2 rings (SSSR count). The highest BCUT2D eigenvalue weighted by molar-refractivity contribution is 5.97. The van der Waals surface area contributed by atoms with Gasteiger partial charge in [-0.1, -0.05) is 13.8 Å². The zero-order valence-electron chi connectivity index (χ0n) is 13.6. The molecule has 126 valence electrons. The van der Waals surface area contributed by atoms with Gasteiger partial charge in [-0.25, -0.2) is 4.39 Å². The van der Waals surface area contributed by atoms with Crippen molar-refractivity contribution in [1.82, 2.24) is 10.2 Å². The van der Waals surface area contributed by atoms with Gasteiger partial charge in [0.05, 0.1) is 0 Å². The number of nitrogens with one attached hydrogen (secondary N) is 1. The van der Waals surface area contributed by atoms with E-state index in [-0.39, 0.29) is 23.8 Å². The quantitative estimate of drug-likeness (QED) is 0.883. The first kappa shape index (κ1) is 17.4. The molecule has 1 saturated heterocycles. The fraction of sp³-hybridized carbons (Fsp3) is 0.529. The number of rotatable bonds is 4. The maximum atomic E-state index is 12.9. The second kappa shape index (κ2) is 7.55. The van der Waals surface area contributed by atoms with Crippen molar-refractivity contribution in [3.05, 3.63) is 35.6 Å². The largest absolute Gasteiger partial charge is 0.340 e. The van der Waals surface area contributed by atoms with Gasteiger partial charge in [-0.05, 0) is 43.0 Å². The van der Waals surface area contributed by atoms with Crippen LogP contribution < -0.4 is 11.1 Å². The molecule has 5 nitrogen and oxygen atoms in total. The van der Waals surface area contributed by atoms with Crippen molar-refractivity contribution in [3.63, 3.8) is 0 Å². The van der Waals surface area contributed by atoms with Crippen LogP contribution >= 0.6 is 0 Å². The van der Waals surface area contributed by atoms with Gasteiger partial charge in [0.15, 0.2) is 0 Å². The number of nitrogens with zero attached hydrogens (tertiary/aromatic N) is 1. The van der Waals surface area contributed by atoms with E-state index in [2.05, 4.69) is 5.32 Å². The minimum Gasteiger partial charge on any atom is -0.340 e. The van der Waals surface area contributed by atoms with Gasteiger partial charge in [-0.3, -0.25) is 9.59 Å². The topological polar surface area (TPSA) is 75.4 Å². The second-order valence-electron chi connectivity index (χ2n) is 6.39. The molecule has 0 radical (unpaired) electrons. The Labute approximate surface area is 136 Å². The molecule has 1 aliphatic rings. The van der Waals surface area contributed by atoms with E-state index in [1.807, 2.05) is 13.8 Å². The number of carbonyl (C=O) groups is 2. The minimum atomic E-state index is -0.613. The summed E-state index contributed by atoms with van der Waals surface area (Å²) < 4.78 is 12.9. The first-order valence-electron chi connectivity index (χ1n) is 7.99. The third-order valence-corrected chi connectivity index (χ3v) is 4.10. The van der Waals surface area contributed by atoms with Crippen LogP contribution in [0.25, 0.3) is 0 Å². The predicted octanol–water partition coefficient (Wildman–Crippen LogP) is 1.53. The fourth-order valence-electron chi connectivity index (χ4n) is 2.75. The molecule has 2 unspecified atom stereocenters. The van der Waals surface area contributed by atoms with Crippen molar-refractivity contribution >= 4 is 11.8 Å². The SMILES string of the molecule is CC(C)C(NC(=O)c1ccc(F)cc1)C(=O)N1CCCC(N)C1. The number of likely N-dealkylation sites (tertiary alicyclic amines) is 1. The molecule has 0 saturated carbocycles. The smallest absolute Gasteiger partial charge is 0.251 e. The van der Waals surface area contributed by atoms with Crippen LogP contribution in [0.2, 0.25) is 0 Å². The van der Waals surface area contributed by atoms with Gasteiger partial charge in [-0.15, -0.1) is 0 Å². The number of benzene rings is 1. The summed E-state index contributed by atoms with van der Waals surface area (Å²) in [5, 5.41) is 2.77. The Morgan fingerprint density at radius 1 is 1.30 bits per heavy atom. The van der Waals surface area contributed by atoms with Crippen molar-refractivity contribution in [3.8, 4) is 0 Å². The molecule has 0 bridgehead atoms. The minimum absolute atomic E-state index is 0.00619.